The summed E-state index contributed by atoms with van der Waals surface area (Å²) < 4.78 is 12.8. The summed E-state index contributed by atoms with van der Waals surface area (Å²) in [5, 5.41) is 12.7. The zero-order valence-electron chi connectivity index (χ0n) is 20.4. The molecule has 2 aliphatic heterocycles. The highest BCUT2D eigenvalue weighted by molar-refractivity contribution is 8.01. The van der Waals surface area contributed by atoms with Gasteiger partial charge >= 0.3 is 0 Å². The molecule has 1 N–H and O–H groups in total. The van der Waals surface area contributed by atoms with E-state index in [9.17, 15) is 19.6 Å². The van der Waals surface area contributed by atoms with Crippen LogP contribution >= 0.6 is 23.1 Å². The molecule has 4 aromatic rings. The van der Waals surface area contributed by atoms with Gasteiger partial charge in [-0.2, -0.15) is 5.26 Å². The van der Waals surface area contributed by atoms with Gasteiger partial charge in [-0.3, -0.25) is 14.4 Å². The Morgan fingerprint density at radius 3 is 2.69 bits per heavy atom. The molecule has 9 nitrogen and oxygen atoms in total. The summed E-state index contributed by atoms with van der Waals surface area (Å²) in [5.74, 6) is -0.793. The number of amides is 3. The van der Waals surface area contributed by atoms with Gasteiger partial charge in [0, 0.05) is 19.2 Å². The van der Waals surface area contributed by atoms with Crippen LogP contribution in [0.2, 0.25) is 0 Å². The third kappa shape index (κ3) is 4.97. The summed E-state index contributed by atoms with van der Waals surface area (Å²) in [6, 6.07) is 17.4. The van der Waals surface area contributed by atoms with Crippen molar-refractivity contribution in [3.63, 3.8) is 0 Å². The summed E-state index contributed by atoms with van der Waals surface area (Å²) in [6.07, 6.45) is 3.25. The average Bonchev–Trinajstić information content (AvgIpc) is 3.74. The smallest absolute Gasteiger partial charge is 0.266 e. The molecule has 2 aromatic carbocycles. The van der Waals surface area contributed by atoms with E-state index in [1.807, 2.05) is 6.07 Å². The van der Waals surface area contributed by atoms with Gasteiger partial charge in [-0.15, -0.1) is 11.3 Å². The molecule has 39 heavy (non-hydrogen) atoms. The number of nitriles is 1. The number of hydrogen-bond acceptors (Lipinski definition) is 9. The molecule has 194 valence electrons. The lowest BCUT2D eigenvalue weighted by Gasteiger charge is -2.13. The van der Waals surface area contributed by atoms with Crippen molar-refractivity contribution >= 4 is 62.8 Å². The Morgan fingerprint density at radius 1 is 1.18 bits per heavy atom. The van der Waals surface area contributed by atoms with Gasteiger partial charge in [0.1, 0.15) is 17.4 Å². The number of imide groups is 1. The summed E-state index contributed by atoms with van der Waals surface area (Å²) in [6.45, 7) is 1.06. The molecule has 1 fully saturated rings. The number of thiazole rings is 1. The normalized spacial score (nSPS) is 17.1. The minimum Gasteiger partial charge on any atom is -0.450 e. The first-order chi connectivity index (χ1) is 19.0. The van der Waals surface area contributed by atoms with Crippen LogP contribution in [0.5, 0.6) is 0 Å². The van der Waals surface area contributed by atoms with Crippen LogP contribution in [0.1, 0.15) is 39.3 Å². The van der Waals surface area contributed by atoms with Gasteiger partial charge < -0.3 is 14.5 Å². The Labute approximate surface area is 231 Å². The van der Waals surface area contributed by atoms with Crippen LogP contribution in [-0.2, 0) is 9.53 Å². The molecule has 0 aliphatic carbocycles. The molecule has 11 heteroatoms. The van der Waals surface area contributed by atoms with Crippen LogP contribution in [0.15, 0.2) is 74.0 Å². The van der Waals surface area contributed by atoms with E-state index in [-0.39, 0.29) is 23.5 Å². The van der Waals surface area contributed by atoms with Gasteiger partial charge in [0.2, 0.25) is 0 Å². The van der Waals surface area contributed by atoms with E-state index in [4.69, 9.17) is 9.15 Å². The Morgan fingerprint density at radius 2 is 1.97 bits per heavy atom. The minimum atomic E-state index is -0.473. The number of benzene rings is 2. The van der Waals surface area contributed by atoms with Crippen LogP contribution < -0.4 is 10.2 Å². The quantitative estimate of drug-likeness (QED) is 0.191. The number of carbonyl (C=O) groups is 3. The highest BCUT2D eigenvalue weighted by Crippen LogP contribution is 2.38. The topological polar surface area (TPSA) is 126 Å². The van der Waals surface area contributed by atoms with E-state index < -0.39 is 5.91 Å². The molecule has 0 saturated carbocycles. The average molecular weight is 557 g/mol. The van der Waals surface area contributed by atoms with E-state index in [1.54, 1.807) is 54.6 Å². The molecule has 0 spiro atoms. The van der Waals surface area contributed by atoms with Gasteiger partial charge in [0.05, 0.1) is 33.1 Å². The maximum Gasteiger partial charge on any atom is 0.266 e. The van der Waals surface area contributed by atoms with Crippen molar-refractivity contribution in [2.75, 3.05) is 18.1 Å². The van der Waals surface area contributed by atoms with Gasteiger partial charge in [-0.25, -0.2) is 9.88 Å². The molecule has 1 saturated heterocycles. The molecule has 3 amide bonds. The lowest BCUT2D eigenvalue weighted by molar-refractivity contribution is -0.117. The first kappa shape index (κ1) is 25.1. The Hall–Kier alpha value is -4.24. The first-order valence-electron chi connectivity index (χ1n) is 12.2. The number of nitrogens with zero attached hydrogens (tertiary/aromatic N) is 3. The number of ether oxygens (including phenoxy) is 1. The van der Waals surface area contributed by atoms with E-state index in [0.29, 0.717) is 45.2 Å². The van der Waals surface area contributed by atoms with Crippen molar-refractivity contribution in [2.24, 2.45) is 0 Å². The fourth-order valence-corrected chi connectivity index (χ4v) is 6.45. The largest absolute Gasteiger partial charge is 0.450 e. The van der Waals surface area contributed by atoms with Gasteiger partial charge in [-0.1, -0.05) is 12.1 Å². The molecular formula is C28H20N4O5S2. The number of nitrogens with one attached hydrogen (secondary N) is 1. The third-order valence-electron chi connectivity index (χ3n) is 6.36. The van der Waals surface area contributed by atoms with Crippen LogP contribution in [0.3, 0.4) is 0 Å². The number of hydrogen-bond donors (Lipinski definition) is 1. The minimum absolute atomic E-state index is 0.0157. The standard InChI is InChI=1S/C28H20N4O5S2/c29-14-16(25(33)30-15-19-4-3-11-36-19)12-18-8-10-24(37-18)39-28-31-22-9-7-17(13-23(22)38-28)32-26(34)20-5-1-2-6-21(20)27(32)35/h1-2,5-10,12-13,19H,3-4,11,15H2,(H,30,33)/b16-12+/t19-/m0/s1. The summed E-state index contributed by atoms with van der Waals surface area (Å²) in [5.41, 5.74) is 1.95. The second-order valence-corrected chi connectivity index (χ2v) is 11.2. The Balaban J connectivity index is 1.15. The van der Waals surface area contributed by atoms with Crippen LogP contribution in [-0.4, -0.2) is 42.0 Å². The molecule has 4 heterocycles. The van der Waals surface area contributed by atoms with Gasteiger partial charge in [0.25, 0.3) is 17.7 Å². The van der Waals surface area contributed by atoms with Crippen molar-refractivity contribution in [3.8, 4) is 6.07 Å². The van der Waals surface area contributed by atoms with Crippen molar-refractivity contribution < 1.29 is 23.5 Å². The van der Waals surface area contributed by atoms with Crippen molar-refractivity contribution in [3.05, 3.63) is 77.1 Å². The van der Waals surface area contributed by atoms with E-state index >= 15 is 0 Å². The first-order valence-corrected chi connectivity index (χ1v) is 13.8. The number of rotatable bonds is 7. The van der Waals surface area contributed by atoms with Crippen molar-refractivity contribution in [1.29, 1.82) is 5.26 Å². The number of anilines is 1. The Kier molecular flexibility index (Phi) is 6.74. The van der Waals surface area contributed by atoms with Gasteiger partial charge in [0.15, 0.2) is 9.43 Å². The molecule has 2 aromatic heterocycles. The zero-order valence-corrected chi connectivity index (χ0v) is 22.0. The molecule has 6 rings (SSSR count). The van der Waals surface area contributed by atoms with Crippen LogP contribution in [0.25, 0.3) is 16.3 Å². The lowest BCUT2D eigenvalue weighted by atomic mass is 10.1. The highest BCUT2D eigenvalue weighted by atomic mass is 32.2. The Bertz CT molecular complexity index is 1660. The third-order valence-corrected chi connectivity index (χ3v) is 8.36. The fourth-order valence-electron chi connectivity index (χ4n) is 4.45. The molecule has 1 atom stereocenters. The second kappa shape index (κ2) is 10.5. The summed E-state index contributed by atoms with van der Waals surface area (Å²) >= 11 is 2.70. The maximum atomic E-state index is 12.9. The molecule has 0 unspecified atom stereocenters. The number of furan rings is 1. The molecule has 0 radical (unpaired) electrons. The number of carbonyl (C=O) groups excluding carboxylic acids is 3. The fraction of sp³-hybridized carbons (Fsp3) is 0.179. The van der Waals surface area contributed by atoms with E-state index in [0.717, 1.165) is 23.1 Å². The SMILES string of the molecule is N#C/C(=C\c1ccc(Sc2nc3ccc(N4C(=O)c5ccccc5C4=O)cc3s2)o1)C(=O)NC[C@@H]1CCCO1. The molecular weight excluding hydrogens is 536 g/mol. The van der Waals surface area contributed by atoms with Gasteiger partial charge in [-0.05, 0) is 67.1 Å². The van der Waals surface area contributed by atoms with Crippen LogP contribution in [0, 0.1) is 11.3 Å². The number of aromatic nitrogens is 1. The van der Waals surface area contributed by atoms with E-state index in [1.165, 1.54) is 34.1 Å². The van der Waals surface area contributed by atoms with Crippen LogP contribution in [0.4, 0.5) is 5.69 Å². The summed E-state index contributed by atoms with van der Waals surface area (Å²) in [7, 11) is 0. The summed E-state index contributed by atoms with van der Waals surface area (Å²) in [4.78, 5) is 43.9. The maximum absolute atomic E-state index is 12.9. The molecule has 2 aliphatic rings. The van der Waals surface area contributed by atoms with E-state index in [2.05, 4.69) is 10.3 Å². The van der Waals surface area contributed by atoms with Crippen molar-refractivity contribution in [1.82, 2.24) is 10.3 Å². The predicted molar refractivity (Wildman–Crippen MR) is 146 cm³/mol. The van der Waals surface area contributed by atoms with Crippen molar-refractivity contribution in [2.45, 2.75) is 28.4 Å². The second-order valence-electron chi connectivity index (χ2n) is 8.90. The molecule has 0 bridgehead atoms. The lowest BCUT2D eigenvalue weighted by Crippen LogP contribution is -2.32. The predicted octanol–water partition coefficient (Wildman–Crippen LogP) is 5.04. The number of fused-ring (bicyclic) bond motifs is 2. The highest BCUT2D eigenvalue weighted by Gasteiger charge is 2.36. The monoisotopic (exact) mass is 556 g/mol. The zero-order chi connectivity index (χ0) is 26.9.